The van der Waals surface area contributed by atoms with Crippen molar-refractivity contribution in [1.82, 2.24) is 0 Å². The summed E-state index contributed by atoms with van der Waals surface area (Å²) in [6, 6.07) is 0. The van der Waals surface area contributed by atoms with Crippen molar-refractivity contribution in [2.75, 3.05) is 6.61 Å². The van der Waals surface area contributed by atoms with Gasteiger partial charge in [-0.1, -0.05) is 31.1 Å². The molecule has 0 heterocycles. The van der Waals surface area contributed by atoms with Crippen LogP contribution >= 0.6 is 0 Å². The minimum absolute atomic E-state index is 0.0184. The molecule has 0 bridgehead atoms. The quantitative estimate of drug-likeness (QED) is 0.396. The first kappa shape index (κ1) is 21.6. The molecule has 4 aliphatic rings. The standard InChI is InChI=1S/C25H36O5/c1-15(27)30-17-8-11-24(2)16(14-17)4-5-18-20-6-7-21(19(10-13-26)23(28)29)25(20,3)12-9-22(18)24/h4,17-18,20,22,26H,5-14H2,1-3H3,(H,28,29)/b21-19-/t17-,18-,20-,22-,24-,25-/m0/s1. The molecule has 0 saturated heterocycles. The number of allylic oxidation sites excluding steroid dienone is 2. The van der Waals surface area contributed by atoms with Gasteiger partial charge in [0.05, 0.1) is 0 Å². The third kappa shape index (κ3) is 3.34. The lowest BCUT2D eigenvalue weighted by atomic mass is 9.47. The molecular weight excluding hydrogens is 380 g/mol. The smallest absolute Gasteiger partial charge is 0.331 e. The van der Waals surface area contributed by atoms with E-state index < -0.39 is 5.97 Å². The van der Waals surface area contributed by atoms with Gasteiger partial charge < -0.3 is 14.9 Å². The Labute approximate surface area is 179 Å². The Hall–Kier alpha value is -1.62. The van der Waals surface area contributed by atoms with Crippen molar-refractivity contribution in [3.05, 3.63) is 22.8 Å². The Morgan fingerprint density at radius 1 is 1.13 bits per heavy atom. The van der Waals surface area contributed by atoms with Gasteiger partial charge in [0.15, 0.2) is 0 Å². The Bertz CT molecular complexity index is 795. The molecule has 0 amide bonds. The Morgan fingerprint density at radius 2 is 1.83 bits per heavy atom. The second kappa shape index (κ2) is 7.81. The van der Waals surface area contributed by atoms with Crippen LogP contribution in [-0.2, 0) is 14.3 Å². The van der Waals surface area contributed by atoms with Crippen molar-refractivity contribution in [2.24, 2.45) is 28.6 Å². The van der Waals surface area contributed by atoms with E-state index in [1.165, 1.54) is 12.5 Å². The fraction of sp³-hybridized carbons (Fsp3) is 0.760. The van der Waals surface area contributed by atoms with E-state index in [1.807, 2.05) is 0 Å². The molecule has 4 rings (SSSR count). The molecule has 0 spiro atoms. The van der Waals surface area contributed by atoms with Gasteiger partial charge in [-0.15, -0.1) is 0 Å². The first-order valence-electron chi connectivity index (χ1n) is 11.6. The number of ether oxygens (including phenoxy) is 1. The Morgan fingerprint density at radius 3 is 2.50 bits per heavy atom. The summed E-state index contributed by atoms with van der Waals surface area (Å²) in [5, 5.41) is 19.2. The molecule has 0 aromatic heterocycles. The van der Waals surface area contributed by atoms with Crippen LogP contribution in [0.2, 0.25) is 0 Å². The van der Waals surface area contributed by atoms with E-state index in [9.17, 15) is 19.8 Å². The molecular formula is C25H36O5. The first-order valence-corrected chi connectivity index (χ1v) is 11.6. The van der Waals surface area contributed by atoms with Crippen LogP contribution in [0.25, 0.3) is 0 Å². The van der Waals surface area contributed by atoms with Crippen molar-refractivity contribution in [2.45, 2.75) is 84.7 Å². The van der Waals surface area contributed by atoms with E-state index >= 15 is 0 Å². The molecule has 5 heteroatoms. The van der Waals surface area contributed by atoms with Crippen molar-refractivity contribution >= 4 is 11.9 Å². The average molecular weight is 417 g/mol. The van der Waals surface area contributed by atoms with Gasteiger partial charge in [-0.2, -0.15) is 0 Å². The molecule has 3 fully saturated rings. The Balaban J connectivity index is 1.62. The van der Waals surface area contributed by atoms with Crippen molar-refractivity contribution in [1.29, 1.82) is 0 Å². The van der Waals surface area contributed by atoms with E-state index in [-0.39, 0.29) is 35.9 Å². The zero-order valence-electron chi connectivity index (χ0n) is 18.6. The highest BCUT2D eigenvalue weighted by atomic mass is 16.5. The summed E-state index contributed by atoms with van der Waals surface area (Å²) in [6.45, 7) is 6.10. The third-order valence-corrected chi connectivity index (χ3v) is 9.16. The number of carboxylic acids is 1. The highest BCUT2D eigenvalue weighted by Gasteiger charge is 2.57. The number of carbonyl (C=O) groups excluding carboxylic acids is 1. The number of esters is 1. The lowest BCUT2D eigenvalue weighted by Crippen LogP contribution is -2.50. The second-order valence-electron chi connectivity index (χ2n) is 10.5. The predicted octanol–water partition coefficient (Wildman–Crippen LogP) is 4.64. The summed E-state index contributed by atoms with van der Waals surface area (Å²) >= 11 is 0. The SMILES string of the molecule is CC(=O)O[C@H]1CC[C@@]2(C)C(=CC[C@@H]3[C@@H]2CC[C@]2(C)/C(=C(/CCO)C(=O)O)CC[C@@H]32)C1. The van der Waals surface area contributed by atoms with Gasteiger partial charge in [0.25, 0.3) is 0 Å². The van der Waals surface area contributed by atoms with Crippen LogP contribution in [-0.4, -0.2) is 34.9 Å². The van der Waals surface area contributed by atoms with Gasteiger partial charge >= 0.3 is 11.9 Å². The first-order chi connectivity index (χ1) is 14.2. The van der Waals surface area contributed by atoms with Crippen molar-refractivity contribution in [3.8, 4) is 0 Å². The van der Waals surface area contributed by atoms with Gasteiger partial charge in [-0.25, -0.2) is 4.79 Å². The normalized spacial score (nSPS) is 41.8. The highest BCUT2D eigenvalue weighted by Crippen LogP contribution is 2.66. The van der Waals surface area contributed by atoms with E-state index in [4.69, 9.17) is 4.74 Å². The minimum Gasteiger partial charge on any atom is -0.478 e. The molecule has 4 aliphatic carbocycles. The topological polar surface area (TPSA) is 83.8 Å². The van der Waals surface area contributed by atoms with Gasteiger partial charge in [-0.3, -0.25) is 4.79 Å². The monoisotopic (exact) mass is 416 g/mol. The number of hydrogen-bond donors (Lipinski definition) is 2. The minimum atomic E-state index is -0.857. The van der Waals surface area contributed by atoms with Crippen LogP contribution in [0.15, 0.2) is 22.8 Å². The summed E-state index contributed by atoms with van der Waals surface area (Å²) in [5.74, 6) is 0.683. The third-order valence-electron chi connectivity index (χ3n) is 9.16. The largest absolute Gasteiger partial charge is 0.478 e. The maximum absolute atomic E-state index is 11.9. The number of hydrogen-bond acceptors (Lipinski definition) is 4. The van der Waals surface area contributed by atoms with Gasteiger partial charge in [0.1, 0.15) is 6.10 Å². The van der Waals surface area contributed by atoms with Crippen LogP contribution in [0.5, 0.6) is 0 Å². The van der Waals surface area contributed by atoms with Crippen molar-refractivity contribution in [3.63, 3.8) is 0 Å². The summed E-state index contributed by atoms with van der Waals surface area (Å²) in [4.78, 5) is 23.3. The predicted molar refractivity (Wildman–Crippen MR) is 114 cm³/mol. The molecule has 166 valence electrons. The van der Waals surface area contributed by atoms with Crippen LogP contribution in [0.4, 0.5) is 0 Å². The lowest BCUT2D eigenvalue weighted by Gasteiger charge is -2.57. The number of aliphatic carboxylic acids is 1. The average Bonchev–Trinajstić information content (AvgIpc) is 3.02. The molecule has 0 radical (unpaired) electrons. The van der Waals surface area contributed by atoms with Crippen LogP contribution in [0, 0.1) is 28.6 Å². The molecule has 5 nitrogen and oxygen atoms in total. The van der Waals surface area contributed by atoms with Crippen LogP contribution < -0.4 is 0 Å². The number of fused-ring (bicyclic) bond motifs is 5. The molecule has 0 aromatic carbocycles. The summed E-state index contributed by atoms with van der Waals surface area (Å²) in [5.41, 5.74) is 3.16. The maximum atomic E-state index is 11.9. The number of carbonyl (C=O) groups is 2. The summed E-state index contributed by atoms with van der Waals surface area (Å²) < 4.78 is 5.53. The summed E-state index contributed by atoms with van der Waals surface area (Å²) in [6.07, 6.45) is 10.7. The van der Waals surface area contributed by atoms with Gasteiger partial charge in [0.2, 0.25) is 0 Å². The molecule has 0 unspecified atom stereocenters. The van der Waals surface area contributed by atoms with E-state index in [2.05, 4.69) is 19.9 Å². The zero-order chi connectivity index (χ0) is 21.7. The van der Waals surface area contributed by atoms with E-state index in [1.54, 1.807) is 0 Å². The number of aliphatic hydroxyl groups excluding tert-OH is 1. The molecule has 6 atom stereocenters. The Kier molecular flexibility index (Phi) is 5.63. The fourth-order valence-corrected chi connectivity index (χ4v) is 7.77. The second-order valence-corrected chi connectivity index (χ2v) is 10.5. The van der Waals surface area contributed by atoms with E-state index in [0.29, 0.717) is 23.3 Å². The van der Waals surface area contributed by atoms with E-state index in [0.717, 1.165) is 56.9 Å². The van der Waals surface area contributed by atoms with Crippen LogP contribution in [0.3, 0.4) is 0 Å². The maximum Gasteiger partial charge on any atom is 0.331 e. The van der Waals surface area contributed by atoms with Crippen molar-refractivity contribution < 1.29 is 24.5 Å². The van der Waals surface area contributed by atoms with Gasteiger partial charge in [-0.05, 0) is 73.5 Å². The molecule has 30 heavy (non-hydrogen) atoms. The highest BCUT2D eigenvalue weighted by molar-refractivity contribution is 5.88. The fourth-order valence-electron chi connectivity index (χ4n) is 7.77. The van der Waals surface area contributed by atoms with Crippen LogP contribution in [0.1, 0.15) is 78.6 Å². The molecule has 0 aromatic rings. The zero-order valence-corrected chi connectivity index (χ0v) is 18.6. The number of rotatable bonds is 4. The lowest BCUT2D eigenvalue weighted by molar-refractivity contribution is -0.148. The summed E-state index contributed by atoms with van der Waals surface area (Å²) in [7, 11) is 0. The van der Waals surface area contributed by atoms with Gasteiger partial charge in [0, 0.05) is 31.9 Å². The number of carboxylic acid groups (broad SMARTS) is 1. The molecule has 3 saturated carbocycles. The molecule has 0 aliphatic heterocycles. The molecule has 2 N–H and O–H groups in total. The number of aliphatic hydroxyl groups is 1.